The van der Waals surface area contributed by atoms with Gasteiger partial charge in [-0.05, 0) is 12.1 Å². The molecule has 94 valence electrons. The number of para-hydroxylation sites is 2. The topological polar surface area (TPSA) is 72.7 Å². The summed E-state index contributed by atoms with van der Waals surface area (Å²) < 4.78 is 0. The van der Waals surface area contributed by atoms with E-state index in [1.807, 2.05) is 24.3 Å². The molecule has 4 nitrogen and oxygen atoms in total. The minimum Gasteiger partial charge on any atom is -0.504 e. The number of rotatable bonds is 4. The van der Waals surface area contributed by atoms with Gasteiger partial charge in [0.15, 0.2) is 11.5 Å². The van der Waals surface area contributed by atoms with E-state index in [9.17, 15) is 15.3 Å². The molecule has 0 amide bonds. The Morgan fingerprint density at radius 2 is 1.61 bits per heavy atom. The van der Waals surface area contributed by atoms with Gasteiger partial charge in [-0.2, -0.15) is 0 Å². The van der Waals surface area contributed by atoms with Crippen molar-refractivity contribution in [3.05, 3.63) is 53.6 Å². The van der Waals surface area contributed by atoms with Gasteiger partial charge in [-0.25, -0.2) is 0 Å². The number of nitrogens with one attached hydrogen (secondary N) is 1. The van der Waals surface area contributed by atoms with Gasteiger partial charge in [0.25, 0.3) is 0 Å². The number of phenols is 2. The molecule has 0 saturated heterocycles. The molecule has 2 aromatic carbocycles. The number of aromatic hydroxyl groups is 2. The molecule has 4 heteroatoms. The molecule has 0 spiro atoms. The van der Waals surface area contributed by atoms with E-state index in [0.29, 0.717) is 12.1 Å². The van der Waals surface area contributed by atoms with Gasteiger partial charge in [-0.15, -0.1) is 0 Å². The Morgan fingerprint density at radius 1 is 0.889 bits per heavy atom. The second kappa shape index (κ2) is 5.42. The predicted octanol–water partition coefficient (Wildman–Crippen LogP) is 2.20. The average Bonchev–Trinajstić information content (AvgIpc) is 2.41. The number of hydrogen-bond donors (Lipinski definition) is 4. The zero-order valence-corrected chi connectivity index (χ0v) is 9.80. The third-order valence-electron chi connectivity index (χ3n) is 2.76. The van der Waals surface area contributed by atoms with E-state index < -0.39 is 0 Å². The molecule has 2 aromatic rings. The van der Waals surface area contributed by atoms with Gasteiger partial charge in [0.1, 0.15) is 0 Å². The summed E-state index contributed by atoms with van der Waals surface area (Å²) >= 11 is 0. The first-order valence-corrected chi connectivity index (χ1v) is 5.65. The molecular weight excluding hydrogens is 230 g/mol. The van der Waals surface area contributed by atoms with Crippen LogP contribution in [-0.4, -0.2) is 15.3 Å². The molecule has 0 radical (unpaired) electrons. The Morgan fingerprint density at radius 3 is 2.39 bits per heavy atom. The second-order valence-corrected chi connectivity index (χ2v) is 3.95. The number of anilines is 1. The number of benzene rings is 2. The highest BCUT2D eigenvalue weighted by atomic mass is 16.3. The van der Waals surface area contributed by atoms with Crippen molar-refractivity contribution in [2.45, 2.75) is 13.2 Å². The van der Waals surface area contributed by atoms with Crippen molar-refractivity contribution in [1.29, 1.82) is 0 Å². The molecule has 0 aliphatic rings. The Hall–Kier alpha value is -2.20. The number of aliphatic hydroxyl groups excluding tert-OH is 1. The highest BCUT2D eigenvalue weighted by molar-refractivity contribution is 5.52. The zero-order chi connectivity index (χ0) is 13.0. The van der Waals surface area contributed by atoms with E-state index in [1.54, 1.807) is 12.1 Å². The lowest BCUT2D eigenvalue weighted by Gasteiger charge is -2.11. The normalized spacial score (nSPS) is 10.3. The van der Waals surface area contributed by atoms with Gasteiger partial charge in [0.2, 0.25) is 0 Å². The van der Waals surface area contributed by atoms with Crippen molar-refractivity contribution in [2.75, 3.05) is 5.32 Å². The van der Waals surface area contributed by atoms with Crippen LogP contribution in [0.25, 0.3) is 0 Å². The van der Waals surface area contributed by atoms with E-state index in [-0.39, 0.29) is 18.1 Å². The molecule has 0 aliphatic heterocycles. The monoisotopic (exact) mass is 245 g/mol. The summed E-state index contributed by atoms with van der Waals surface area (Å²) in [5.41, 5.74) is 2.20. The van der Waals surface area contributed by atoms with Gasteiger partial charge >= 0.3 is 0 Å². The van der Waals surface area contributed by atoms with Crippen LogP contribution in [0.4, 0.5) is 5.69 Å². The van der Waals surface area contributed by atoms with E-state index in [0.717, 1.165) is 11.3 Å². The summed E-state index contributed by atoms with van der Waals surface area (Å²) in [4.78, 5) is 0. The summed E-state index contributed by atoms with van der Waals surface area (Å²) in [6.45, 7) is 0.326. The lowest BCUT2D eigenvalue weighted by Crippen LogP contribution is -2.02. The maximum Gasteiger partial charge on any atom is 0.162 e. The van der Waals surface area contributed by atoms with Crippen molar-refractivity contribution in [2.24, 2.45) is 0 Å². The van der Waals surface area contributed by atoms with Crippen molar-refractivity contribution in [3.63, 3.8) is 0 Å². The van der Waals surface area contributed by atoms with Crippen LogP contribution in [0.2, 0.25) is 0 Å². The largest absolute Gasteiger partial charge is 0.504 e. The highest BCUT2D eigenvalue weighted by Crippen LogP contribution is 2.29. The molecule has 18 heavy (non-hydrogen) atoms. The molecule has 0 unspecified atom stereocenters. The average molecular weight is 245 g/mol. The zero-order valence-electron chi connectivity index (χ0n) is 9.80. The van der Waals surface area contributed by atoms with Crippen molar-refractivity contribution >= 4 is 5.69 Å². The van der Waals surface area contributed by atoms with E-state index in [1.165, 1.54) is 6.07 Å². The minimum absolute atomic E-state index is 0.0464. The van der Waals surface area contributed by atoms with E-state index in [4.69, 9.17) is 0 Å². The summed E-state index contributed by atoms with van der Waals surface area (Å²) in [5.74, 6) is -0.253. The number of phenolic OH excluding ortho intramolecular Hbond substituents is 2. The summed E-state index contributed by atoms with van der Waals surface area (Å²) in [6.07, 6.45) is 0. The molecule has 0 fully saturated rings. The fourth-order valence-corrected chi connectivity index (χ4v) is 1.74. The first-order valence-electron chi connectivity index (χ1n) is 5.65. The van der Waals surface area contributed by atoms with Gasteiger partial charge in [-0.3, -0.25) is 0 Å². The van der Waals surface area contributed by atoms with Gasteiger partial charge in [-0.1, -0.05) is 30.3 Å². The molecule has 0 saturated carbocycles. The Bertz CT molecular complexity index is 540. The standard InChI is InChI=1S/C14H15NO3/c16-9-11-4-1-2-6-12(11)15-8-10-5-3-7-13(17)14(10)18/h1-7,15-18H,8-9H2. The van der Waals surface area contributed by atoms with E-state index in [2.05, 4.69) is 5.32 Å². The number of hydrogen-bond acceptors (Lipinski definition) is 4. The van der Waals surface area contributed by atoms with Crippen LogP contribution in [0.15, 0.2) is 42.5 Å². The van der Waals surface area contributed by atoms with Crippen molar-refractivity contribution in [3.8, 4) is 11.5 Å². The SMILES string of the molecule is OCc1ccccc1NCc1cccc(O)c1O. The Labute approximate surface area is 105 Å². The predicted molar refractivity (Wildman–Crippen MR) is 69.5 cm³/mol. The van der Waals surface area contributed by atoms with E-state index >= 15 is 0 Å². The fourth-order valence-electron chi connectivity index (χ4n) is 1.74. The van der Waals surface area contributed by atoms with Crippen molar-refractivity contribution < 1.29 is 15.3 Å². The summed E-state index contributed by atoms with van der Waals surface area (Å²) in [7, 11) is 0. The molecule has 0 aromatic heterocycles. The van der Waals surface area contributed by atoms with Crippen LogP contribution >= 0.6 is 0 Å². The molecule has 0 aliphatic carbocycles. The smallest absolute Gasteiger partial charge is 0.162 e. The van der Waals surface area contributed by atoms with Crippen LogP contribution in [0.1, 0.15) is 11.1 Å². The van der Waals surface area contributed by atoms with Crippen molar-refractivity contribution in [1.82, 2.24) is 0 Å². The van der Waals surface area contributed by atoms with Gasteiger partial charge < -0.3 is 20.6 Å². The van der Waals surface area contributed by atoms with Crippen LogP contribution in [0, 0.1) is 0 Å². The lowest BCUT2D eigenvalue weighted by atomic mass is 10.1. The Kier molecular flexibility index (Phi) is 3.69. The first-order chi connectivity index (χ1) is 8.72. The van der Waals surface area contributed by atoms with Crippen LogP contribution < -0.4 is 5.32 Å². The first kappa shape index (κ1) is 12.3. The molecule has 0 atom stereocenters. The Balaban J connectivity index is 2.14. The van der Waals surface area contributed by atoms with Gasteiger partial charge in [0.05, 0.1) is 6.61 Å². The van der Waals surface area contributed by atoms with Crippen LogP contribution in [0.5, 0.6) is 11.5 Å². The lowest BCUT2D eigenvalue weighted by molar-refractivity contribution is 0.282. The highest BCUT2D eigenvalue weighted by Gasteiger charge is 2.06. The maximum absolute atomic E-state index is 9.66. The third-order valence-corrected chi connectivity index (χ3v) is 2.76. The second-order valence-electron chi connectivity index (χ2n) is 3.95. The number of aliphatic hydroxyl groups is 1. The molecule has 2 rings (SSSR count). The van der Waals surface area contributed by atoms with Crippen LogP contribution in [-0.2, 0) is 13.2 Å². The molecule has 4 N–H and O–H groups in total. The van der Waals surface area contributed by atoms with Gasteiger partial charge in [0, 0.05) is 23.4 Å². The minimum atomic E-state index is -0.134. The quantitative estimate of drug-likeness (QED) is 0.623. The van der Waals surface area contributed by atoms with Crippen LogP contribution in [0.3, 0.4) is 0 Å². The molecule has 0 heterocycles. The molecule has 0 bridgehead atoms. The maximum atomic E-state index is 9.66. The molecular formula is C14H15NO3. The summed E-state index contributed by atoms with van der Waals surface area (Å²) in [6, 6.07) is 12.2. The third kappa shape index (κ3) is 2.55. The fraction of sp³-hybridized carbons (Fsp3) is 0.143. The summed E-state index contributed by atoms with van der Waals surface area (Å²) in [5, 5.41) is 31.3.